The van der Waals surface area contributed by atoms with Gasteiger partial charge in [0.05, 0.1) is 13.2 Å². The third-order valence-electron chi connectivity index (χ3n) is 5.48. The van der Waals surface area contributed by atoms with Crippen molar-refractivity contribution < 1.29 is 28.5 Å². The van der Waals surface area contributed by atoms with E-state index < -0.39 is 0 Å². The van der Waals surface area contributed by atoms with Gasteiger partial charge in [-0.2, -0.15) is 0 Å². The van der Waals surface area contributed by atoms with Crippen LogP contribution in [0.3, 0.4) is 0 Å². The molecule has 0 aliphatic carbocycles. The molecule has 0 amide bonds. The molecule has 0 aromatic rings. The molecule has 6 nitrogen and oxygen atoms in total. The summed E-state index contributed by atoms with van der Waals surface area (Å²) in [6, 6.07) is 0. The monoisotopic (exact) mass is 398 g/mol. The van der Waals surface area contributed by atoms with Crippen LogP contribution in [0.1, 0.15) is 84.0 Å². The first kappa shape index (κ1) is 23.1. The molecule has 2 saturated heterocycles. The number of carbonyl (C=O) groups excluding carboxylic acids is 2. The van der Waals surface area contributed by atoms with Crippen LogP contribution in [0.4, 0.5) is 0 Å². The highest BCUT2D eigenvalue weighted by Gasteiger charge is 2.24. The van der Waals surface area contributed by atoms with Gasteiger partial charge in [-0.1, -0.05) is 58.3 Å². The minimum atomic E-state index is -0.0910. The highest BCUT2D eigenvalue weighted by Crippen LogP contribution is 2.21. The van der Waals surface area contributed by atoms with Gasteiger partial charge in [0.1, 0.15) is 25.4 Å². The Hall–Kier alpha value is -1.14. The Labute approximate surface area is 169 Å². The number of epoxide rings is 2. The van der Waals surface area contributed by atoms with Crippen LogP contribution in [0.15, 0.2) is 0 Å². The summed E-state index contributed by atoms with van der Waals surface area (Å²) in [5.74, 6) is 0.599. The third kappa shape index (κ3) is 12.3. The van der Waals surface area contributed by atoms with E-state index in [1.807, 2.05) is 0 Å². The van der Waals surface area contributed by atoms with Crippen molar-refractivity contribution in [1.82, 2.24) is 0 Å². The highest BCUT2D eigenvalue weighted by atomic mass is 16.6. The van der Waals surface area contributed by atoms with E-state index in [1.54, 1.807) is 0 Å². The van der Waals surface area contributed by atoms with Gasteiger partial charge in [-0.15, -0.1) is 0 Å². The average Bonchev–Trinajstić information content (AvgIpc) is 3.60. The van der Waals surface area contributed by atoms with Gasteiger partial charge in [0.2, 0.25) is 0 Å². The summed E-state index contributed by atoms with van der Waals surface area (Å²) in [7, 11) is 0. The van der Waals surface area contributed by atoms with Gasteiger partial charge in [-0.05, 0) is 18.8 Å². The van der Waals surface area contributed by atoms with Crippen molar-refractivity contribution in [3.05, 3.63) is 0 Å². The highest BCUT2D eigenvalue weighted by molar-refractivity contribution is 5.69. The van der Waals surface area contributed by atoms with Crippen LogP contribution in [0.25, 0.3) is 0 Å². The van der Waals surface area contributed by atoms with Crippen LogP contribution in [0.2, 0.25) is 0 Å². The molecule has 0 aromatic heterocycles. The first-order valence-corrected chi connectivity index (χ1v) is 11.2. The second kappa shape index (κ2) is 13.9. The van der Waals surface area contributed by atoms with Crippen molar-refractivity contribution in [2.24, 2.45) is 5.92 Å². The minimum absolute atomic E-state index is 0.0905. The van der Waals surface area contributed by atoms with Crippen molar-refractivity contribution in [1.29, 1.82) is 0 Å². The number of unbranched alkanes of at least 4 members (excludes halogenated alkanes) is 5. The summed E-state index contributed by atoms with van der Waals surface area (Å²) in [5.41, 5.74) is 0. The largest absolute Gasteiger partial charge is 0.463 e. The van der Waals surface area contributed by atoms with Crippen LogP contribution in [-0.4, -0.2) is 50.6 Å². The standard InChI is InChI=1S/C22H38O6/c1-2-18(11-7-5-9-13-22(24)28-17-20-15-26-20)10-6-3-4-8-12-21(23)27-16-19-14-25-19/h18-20H,2-17H2,1H3. The van der Waals surface area contributed by atoms with E-state index in [-0.39, 0.29) is 24.1 Å². The minimum Gasteiger partial charge on any atom is -0.463 e. The Balaban J connectivity index is 1.34. The predicted molar refractivity (Wildman–Crippen MR) is 106 cm³/mol. The van der Waals surface area contributed by atoms with Gasteiger partial charge in [-0.25, -0.2) is 0 Å². The number of esters is 2. The van der Waals surface area contributed by atoms with E-state index in [0.717, 1.165) is 44.8 Å². The van der Waals surface area contributed by atoms with Crippen molar-refractivity contribution in [2.45, 2.75) is 96.2 Å². The molecule has 0 spiro atoms. The molecule has 2 aliphatic heterocycles. The fraction of sp³-hybridized carbons (Fsp3) is 0.909. The quantitative estimate of drug-likeness (QED) is 0.196. The molecule has 162 valence electrons. The average molecular weight is 399 g/mol. The van der Waals surface area contributed by atoms with Crippen molar-refractivity contribution in [3.8, 4) is 0 Å². The van der Waals surface area contributed by atoms with Gasteiger partial charge >= 0.3 is 11.9 Å². The molecule has 2 aliphatic rings. The normalized spacial score (nSPS) is 21.2. The van der Waals surface area contributed by atoms with E-state index in [1.165, 1.54) is 38.5 Å². The zero-order valence-corrected chi connectivity index (χ0v) is 17.5. The van der Waals surface area contributed by atoms with Gasteiger partial charge in [-0.3, -0.25) is 9.59 Å². The summed E-state index contributed by atoms with van der Waals surface area (Å²) < 4.78 is 20.3. The Morgan fingerprint density at radius 1 is 0.786 bits per heavy atom. The van der Waals surface area contributed by atoms with Gasteiger partial charge in [0.15, 0.2) is 0 Å². The van der Waals surface area contributed by atoms with Crippen molar-refractivity contribution in [2.75, 3.05) is 26.4 Å². The molecule has 0 bridgehead atoms. The Morgan fingerprint density at radius 3 is 1.64 bits per heavy atom. The van der Waals surface area contributed by atoms with Crippen LogP contribution >= 0.6 is 0 Å². The molecule has 3 unspecified atom stereocenters. The molecule has 6 heteroatoms. The maximum Gasteiger partial charge on any atom is 0.305 e. The maximum atomic E-state index is 11.6. The second-order valence-corrected chi connectivity index (χ2v) is 8.10. The lowest BCUT2D eigenvalue weighted by molar-refractivity contribution is -0.145. The molecular weight excluding hydrogens is 360 g/mol. The fourth-order valence-electron chi connectivity index (χ4n) is 3.33. The lowest BCUT2D eigenvalue weighted by atomic mass is 9.92. The molecular formula is C22H38O6. The van der Waals surface area contributed by atoms with E-state index in [0.29, 0.717) is 26.1 Å². The second-order valence-electron chi connectivity index (χ2n) is 8.10. The number of hydrogen-bond acceptors (Lipinski definition) is 6. The molecule has 28 heavy (non-hydrogen) atoms. The number of rotatable bonds is 18. The lowest BCUT2D eigenvalue weighted by Crippen LogP contribution is -2.09. The zero-order chi connectivity index (χ0) is 20.0. The number of ether oxygens (including phenoxy) is 4. The van der Waals surface area contributed by atoms with Gasteiger partial charge in [0.25, 0.3) is 0 Å². The van der Waals surface area contributed by atoms with Gasteiger partial charge in [0, 0.05) is 12.8 Å². The Kier molecular flexibility index (Phi) is 11.5. The summed E-state index contributed by atoms with van der Waals surface area (Å²) in [6.07, 6.45) is 12.8. The third-order valence-corrected chi connectivity index (χ3v) is 5.48. The molecule has 2 heterocycles. The van der Waals surface area contributed by atoms with E-state index in [4.69, 9.17) is 18.9 Å². The SMILES string of the molecule is CCC(CCCCCCC(=O)OCC1CO1)CCCCCC(=O)OCC1CO1. The maximum absolute atomic E-state index is 11.6. The summed E-state index contributed by atoms with van der Waals surface area (Å²) >= 11 is 0. The molecule has 0 N–H and O–H groups in total. The number of carbonyl (C=O) groups is 2. The molecule has 0 radical (unpaired) electrons. The van der Waals surface area contributed by atoms with Crippen molar-refractivity contribution >= 4 is 11.9 Å². The van der Waals surface area contributed by atoms with Crippen LogP contribution < -0.4 is 0 Å². The topological polar surface area (TPSA) is 77.7 Å². The van der Waals surface area contributed by atoms with Crippen LogP contribution in [-0.2, 0) is 28.5 Å². The summed E-state index contributed by atoms with van der Waals surface area (Å²) in [5, 5.41) is 0. The van der Waals surface area contributed by atoms with Crippen LogP contribution in [0, 0.1) is 5.92 Å². The predicted octanol–water partition coefficient (Wildman–Crippen LogP) is 4.19. The molecule has 2 fully saturated rings. The van der Waals surface area contributed by atoms with Crippen molar-refractivity contribution in [3.63, 3.8) is 0 Å². The first-order chi connectivity index (χ1) is 13.7. The first-order valence-electron chi connectivity index (χ1n) is 11.2. The van der Waals surface area contributed by atoms with E-state index >= 15 is 0 Å². The Bertz CT molecular complexity index is 444. The molecule has 3 atom stereocenters. The summed E-state index contributed by atoms with van der Waals surface area (Å²) in [6.45, 7) is 4.58. The summed E-state index contributed by atoms with van der Waals surface area (Å²) in [4.78, 5) is 23.1. The smallest absolute Gasteiger partial charge is 0.305 e. The fourth-order valence-corrected chi connectivity index (χ4v) is 3.33. The Morgan fingerprint density at radius 2 is 1.21 bits per heavy atom. The van der Waals surface area contributed by atoms with E-state index in [2.05, 4.69) is 6.92 Å². The molecule has 2 rings (SSSR count). The van der Waals surface area contributed by atoms with E-state index in [9.17, 15) is 9.59 Å². The lowest BCUT2D eigenvalue weighted by Gasteiger charge is -2.14. The molecule has 0 aromatic carbocycles. The van der Waals surface area contributed by atoms with Gasteiger partial charge < -0.3 is 18.9 Å². The number of hydrogen-bond donors (Lipinski definition) is 0. The van der Waals surface area contributed by atoms with Crippen LogP contribution in [0.5, 0.6) is 0 Å². The molecule has 0 saturated carbocycles. The zero-order valence-electron chi connectivity index (χ0n) is 17.5.